The zero-order valence-electron chi connectivity index (χ0n) is 18.0. The minimum absolute atomic E-state index is 0.128. The van der Waals surface area contributed by atoms with Crippen LogP contribution in [0.3, 0.4) is 0 Å². The molecule has 6 nitrogen and oxygen atoms in total. The van der Waals surface area contributed by atoms with Gasteiger partial charge in [0.15, 0.2) is 0 Å². The minimum atomic E-state index is -0.944. The van der Waals surface area contributed by atoms with E-state index in [1.165, 1.54) is 4.90 Å². The molecule has 1 atom stereocenters. The largest absolute Gasteiger partial charge is 0.463 e. The van der Waals surface area contributed by atoms with Gasteiger partial charge >= 0.3 is 5.97 Å². The van der Waals surface area contributed by atoms with E-state index in [4.69, 9.17) is 4.74 Å². The fourth-order valence-corrected chi connectivity index (χ4v) is 4.12. The molecule has 1 heterocycles. The molecule has 0 bridgehead atoms. The molecule has 1 unspecified atom stereocenters. The number of fused-ring (bicyclic) bond motifs is 1. The fourth-order valence-electron chi connectivity index (χ4n) is 4.12. The second-order valence-electron chi connectivity index (χ2n) is 7.56. The number of amides is 2. The smallest absolute Gasteiger partial charge is 0.336 e. The van der Waals surface area contributed by atoms with E-state index in [-0.39, 0.29) is 24.5 Å². The van der Waals surface area contributed by atoms with Gasteiger partial charge in [0.2, 0.25) is 11.8 Å². The molecule has 0 aliphatic carbocycles. The number of esters is 1. The molecule has 2 amide bonds. The highest BCUT2D eigenvalue weighted by molar-refractivity contribution is 6.12. The number of carbonyl (C=O) groups is 3. The molecule has 3 aromatic rings. The molecule has 1 N–H and O–H groups in total. The van der Waals surface area contributed by atoms with Crippen LogP contribution in [0.1, 0.15) is 20.3 Å². The van der Waals surface area contributed by atoms with E-state index >= 15 is 0 Å². The molecule has 32 heavy (non-hydrogen) atoms. The summed E-state index contributed by atoms with van der Waals surface area (Å²) >= 11 is 0. The molecule has 162 valence electrons. The molecule has 0 aromatic heterocycles. The molecule has 1 aliphatic heterocycles. The molecular formula is C26H24N2O4. The number of allylic oxidation sites excluding steroid dienone is 1. The lowest BCUT2D eigenvalue weighted by Gasteiger charge is -2.33. The number of hydrogen-bond donors (Lipinski definition) is 1. The minimum Gasteiger partial charge on any atom is -0.463 e. The van der Waals surface area contributed by atoms with Gasteiger partial charge in [0.25, 0.3) is 0 Å². The molecule has 0 spiro atoms. The topological polar surface area (TPSA) is 75.7 Å². The Kier molecular flexibility index (Phi) is 6.03. The summed E-state index contributed by atoms with van der Waals surface area (Å²) in [5, 5.41) is 4.79. The monoisotopic (exact) mass is 428 g/mol. The predicted octanol–water partition coefficient (Wildman–Crippen LogP) is 4.67. The van der Waals surface area contributed by atoms with Gasteiger partial charge in [-0.15, -0.1) is 0 Å². The van der Waals surface area contributed by atoms with Gasteiger partial charge in [0.05, 0.1) is 18.1 Å². The van der Waals surface area contributed by atoms with Crippen LogP contribution >= 0.6 is 0 Å². The zero-order chi connectivity index (χ0) is 22.7. The van der Waals surface area contributed by atoms with Gasteiger partial charge in [0.1, 0.15) is 0 Å². The molecule has 3 aromatic carbocycles. The summed E-state index contributed by atoms with van der Waals surface area (Å²) in [5.74, 6) is -2.19. The summed E-state index contributed by atoms with van der Waals surface area (Å²) < 4.78 is 5.26. The summed E-state index contributed by atoms with van der Waals surface area (Å²) in [5.41, 5.74) is 1.88. The third-order valence-electron chi connectivity index (χ3n) is 5.58. The third kappa shape index (κ3) is 3.99. The second kappa shape index (κ2) is 9.06. The van der Waals surface area contributed by atoms with Crippen molar-refractivity contribution in [3.8, 4) is 0 Å². The molecule has 1 aliphatic rings. The number of nitrogens with zero attached hydrogens (tertiary/aromatic N) is 1. The summed E-state index contributed by atoms with van der Waals surface area (Å²) in [6.45, 7) is 3.56. The maximum Gasteiger partial charge on any atom is 0.336 e. The maximum absolute atomic E-state index is 13.3. The van der Waals surface area contributed by atoms with Gasteiger partial charge in [-0.2, -0.15) is 0 Å². The average Bonchev–Trinajstić information content (AvgIpc) is 2.79. The van der Waals surface area contributed by atoms with Crippen molar-refractivity contribution < 1.29 is 19.1 Å². The highest BCUT2D eigenvalue weighted by Crippen LogP contribution is 2.34. The lowest BCUT2D eigenvalue weighted by Crippen LogP contribution is -2.43. The molecule has 0 fully saturated rings. The van der Waals surface area contributed by atoms with E-state index in [0.29, 0.717) is 17.1 Å². The molecule has 0 saturated carbocycles. The van der Waals surface area contributed by atoms with Crippen LogP contribution in [0.25, 0.3) is 10.8 Å². The number of carbonyl (C=O) groups excluding carboxylic acids is 3. The first-order valence-electron chi connectivity index (χ1n) is 10.6. The Hall–Kier alpha value is -3.93. The van der Waals surface area contributed by atoms with Crippen LogP contribution in [0.2, 0.25) is 0 Å². The number of ether oxygens (including phenoxy) is 1. The average molecular weight is 428 g/mol. The Morgan fingerprint density at radius 2 is 1.69 bits per heavy atom. The molecule has 0 radical (unpaired) electrons. The zero-order valence-corrected chi connectivity index (χ0v) is 18.0. The highest BCUT2D eigenvalue weighted by Gasteiger charge is 2.40. The Morgan fingerprint density at radius 1 is 1.00 bits per heavy atom. The van der Waals surface area contributed by atoms with Crippen LogP contribution in [0.5, 0.6) is 0 Å². The standard InChI is InChI=1S/C26H24N2O4/c1-3-32-26(31)24-17(2)28(19-12-5-4-6-13-19)23(29)16-21(24)25(30)27-22-15-9-11-18-10-7-8-14-20(18)22/h4-15,21H,3,16H2,1-2H3,(H,27,30). The Balaban J connectivity index is 1.73. The molecule has 0 saturated heterocycles. The number of anilines is 2. The quantitative estimate of drug-likeness (QED) is 0.600. The maximum atomic E-state index is 13.3. The summed E-state index contributed by atoms with van der Waals surface area (Å²) in [6, 6.07) is 22.4. The lowest BCUT2D eigenvalue weighted by atomic mass is 9.88. The van der Waals surface area contributed by atoms with Crippen LogP contribution in [0, 0.1) is 5.92 Å². The number of benzene rings is 3. The first kappa shape index (κ1) is 21.3. The van der Waals surface area contributed by atoms with E-state index in [0.717, 1.165) is 10.8 Å². The highest BCUT2D eigenvalue weighted by atomic mass is 16.5. The summed E-state index contributed by atoms with van der Waals surface area (Å²) in [7, 11) is 0. The van der Waals surface area contributed by atoms with Gasteiger partial charge in [-0.1, -0.05) is 54.6 Å². The Bertz CT molecular complexity index is 1210. The predicted molar refractivity (Wildman–Crippen MR) is 124 cm³/mol. The van der Waals surface area contributed by atoms with Crippen molar-refractivity contribution in [2.24, 2.45) is 5.92 Å². The molecular weight excluding hydrogens is 404 g/mol. The van der Waals surface area contributed by atoms with Crippen LogP contribution in [0.15, 0.2) is 84.1 Å². The van der Waals surface area contributed by atoms with Gasteiger partial charge in [0, 0.05) is 28.9 Å². The lowest BCUT2D eigenvalue weighted by molar-refractivity contribution is -0.141. The van der Waals surface area contributed by atoms with Crippen molar-refractivity contribution in [2.45, 2.75) is 20.3 Å². The number of nitrogens with one attached hydrogen (secondary N) is 1. The number of rotatable bonds is 5. The molecule has 4 rings (SSSR count). The summed E-state index contributed by atoms with van der Waals surface area (Å²) in [6.07, 6.45) is -0.128. The fraction of sp³-hybridized carbons (Fsp3) is 0.192. The van der Waals surface area contributed by atoms with Gasteiger partial charge in [-0.3, -0.25) is 14.5 Å². The number of hydrogen-bond acceptors (Lipinski definition) is 4. The van der Waals surface area contributed by atoms with E-state index < -0.39 is 17.8 Å². The first-order chi connectivity index (χ1) is 15.5. The van der Waals surface area contributed by atoms with Gasteiger partial charge in [-0.05, 0) is 37.4 Å². The summed E-state index contributed by atoms with van der Waals surface area (Å²) in [4.78, 5) is 40.8. The van der Waals surface area contributed by atoms with Crippen LogP contribution in [0.4, 0.5) is 11.4 Å². The van der Waals surface area contributed by atoms with Crippen molar-refractivity contribution in [3.05, 3.63) is 84.1 Å². The molecule has 6 heteroatoms. The van der Waals surface area contributed by atoms with Crippen molar-refractivity contribution in [1.29, 1.82) is 0 Å². The van der Waals surface area contributed by atoms with Crippen molar-refractivity contribution in [1.82, 2.24) is 0 Å². The van der Waals surface area contributed by atoms with Crippen LogP contribution < -0.4 is 10.2 Å². The van der Waals surface area contributed by atoms with E-state index in [9.17, 15) is 14.4 Å². The number of para-hydroxylation sites is 1. The van der Waals surface area contributed by atoms with Crippen LogP contribution in [-0.2, 0) is 19.1 Å². The Morgan fingerprint density at radius 3 is 2.44 bits per heavy atom. The van der Waals surface area contributed by atoms with E-state index in [1.807, 2.05) is 60.7 Å². The SMILES string of the molecule is CCOC(=O)C1=C(C)N(c2ccccc2)C(=O)CC1C(=O)Nc1cccc2ccccc12. The second-order valence-corrected chi connectivity index (χ2v) is 7.56. The van der Waals surface area contributed by atoms with Crippen molar-refractivity contribution in [3.63, 3.8) is 0 Å². The third-order valence-corrected chi connectivity index (χ3v) is 5.58. The Labute approximate surface area is 186 Å². The van der Waals surface area contributed by atoms with E-state index in [2.05, 4.69) is 5.32 Å². The van der Waals surface area contributed by atoms with Gasteiger partial charge in [-0.25, -0.2) is 4.79 Å². The van der Waals surface area contributed by atoms with E-state index in [1.54, 1.807) is 26.0 Å². The van der Waals surface area contributed by atoms with Gasteiger partial charge < -0.3 is 10.1 Å². The van der Waals surface area contributed by atoms with Crippen LogP contribution in [-0.4, -0.2) is 24.4 Å². The normalized spacial score (nSPS) is 16.2. The van der Waals surface area contributed by atoms with Crippen molar-refractivity contribution in [2.75, 3.05) is 16.8 Å². The first-order valence-corrected chi connectivity index (χ1v) is 10.6. The van der Waals surface area contributed by atoms with Crippen molar-refractivity contribution >= 4 is 39.9 Å².